The van der Waals surface area contributed by atoms with Gasteiger partial charge in [0.25, 0.3) is 5.91 Å². The van der Waals surface area contributed by atoms with Gasteiger partial charge in [-0.05, 0) is 30.7 Å². The summed E-state index contributed by atoms with van der Waals surface area (Å²) >= 11 is 0. The van der Waals surface area contributed by atoms with Crippen LogP contribution in [0.25, 0.3) is 0 Å². The standard InChI is InChI=1S/C14H16N4O/c1-9(15)11-4-2-3-5-12(11)18-10-6-7-17-13(8-10)14(16)19/h2-9H,15H2,1H3,(H2,16,19)(H,17,18). The van der Waals surface area contributed by atoms with E-state index in [1.54, 1.807) is 12.1 Å². The molecule has 1 aromatic heterocycles. The number of hydrogen-bond donors (Lipinski definition) is 3. The van der Waals surface area contributed by atoms with Crippen molar-refractivity contribution in [2.45, 2.75) is 13.0 Å². The largest absolute Gasteiger partial charge is 0.364 e. The van der Waals surface area contributed by atoms with Crippen molar-refractivity contribution in [3.8, 4) is 0 Å². The van der Waals surface area contributed by atoms with Crippen molar-refractivity contribution < 1.29 is 4.79 Å². The lowest BCUT2D eigenvalue weighted by molar-refractivity contribution is 0.0995. The van der Waals surface area contributed by atoms with Gasteiger partial charge in [-0.3, -0.25) is 9.78 Å². The summed E-state index contributed by atoms with van der Waals surface area (Å²) in [6.07, 6.45) is 1.54. The molecule has 0 spiro atoms. The number of nitrogens with one attached hydrogen (secondary N) is 1. The number of aromatic nitrogens is 1. The number of anilines is 2. The Morgan fingerprint density at radius 2 is 2.05 bits per heavy atom. The van der Waals surface area contributed by atoms with Gasteiger partial charge in [0.2, 0.25) is 0 Å². The van der Waals surface area contributed by atoms with Gasteiger partial charge < -0.3 is 16.8 Å². The normalized spacial score (nSPS) is 11.9. The SMILES string of the molecule is CC(N)c1ccccc1Nc1ccnc(C(N)=O)c1. The van der Waals surface area contributed by atoms with Crippen LogP contribution in [0.5, 0.6) is 0 Å². The molecule has 1 amide bonds. The van der Waals surface area contributed by atoms with Gasteiger partial charge in [0.05, 0.1) is 0 Å². The number of hydrogen-bond acceptors (Lipinski definition) is 4. The zero-order valence-corrected chi connectivity index (χ0v) is 10.6. The lowest BCUT2D eigenvalue weighted by Gasteiger charge is -2.14. The van der Waals surface area contributed by atoms with Crippen molar-refractivity contribution in [1.29, 1.82) is 0 Å². The van der Waals surface area contributed by atoms with Crippen LogP contribution in [-0.4, -0.2) is 10.9 Å². The Morgan fingerprint density at radius 3 is 2.74 bits per heavy atom. The average Bonchev–Trinajstić information content (AvgIpc) is 2.39. The molecule has 0 radical (unpaired) electrons. The average molecular weight is 256 g/mol. The summed E-state index contributed by atoms with van der Waals surface area (Å²) in [7, 11) is 0. The van der Waals surface area contributed by atoms with E-state index >= 15 is 0 Å². The fourth-order valence-electron chi connectivity index (χ4n) is 1.81. The molecule has 0 saturated carbocycles. The van der Waals surface area contributed by atoms with E-state index in [-0.39, 0.29) is 11.7 Å². The highest BCUT2D eigenvalue weighted by molar-refractivity contribution is 5.91. The van der Waals surface area contributed by atoms with Gasteiger partial charge in [0.1, 0.15) is 5.69 Å². The van der Waals surface area contributed by atoms with Gasteiger partial charge in [-0.25, -0.2) is 0 Å². The summed E-state index contributed by atoms with van der Waals surface area (Å²) in [5, 5.41) is 3.22. The predicted octanol–water partition coefficient (Wildman–Crippen LogP) is 1.94. The molecule has 5 nitrogen and oxygen atoms in total. The fourth-order valence-corrected chi connectivity index (χ4v) is 1.81. The van der Waals surface area contributed by atoms with Crippen molar-refractivity contribution >= 4 is 17.3 Å². The smallest absolute Gasteiger partial charge is 0.267 e. The minimum absolute atomic E-state index is 0.0823. The van der Waals surface area contributed by atoms with E-state index in [1.165, 1.54) is 6.20 Å². The van der Waals surface area contributed by atoms with Gasteiger partial charge in [0.15, 0.2) is 0 Å². The Morgan fingerprint density at radius 1 is 1.32 bits per heavy atom. The molecule has 0 saturated heterocycles. The first-order valence-corrected chi connectivity index (χ1v) is 5.95. The van der Waals surface area contributed by atoms with Crippen LogP contribution in [0.3, 0.4) is 0 Å². The second kappa shape index (κ2) is 5.49. The molecule has 19 heavy (non-hydrogen) atoms. The highest BCUT2D eigenvalue weighted by Gasteiger charge is 2.07. The molecule has 1 aromatic carbocycles. The highest BCUT2D eigenvalue weighted by atomic mass is 16.1. The quantitative estimate of drug-likeness (QED) is 0.779. The maximum atomic E-state index is 11.1. The van der Waals surface area contributed by atoms with Crippen LogP contribution in [0.1, 0.15) is 29.0 Å². The summed E-state index contributed by atoms with van der Waals surface area (Å²) in [5.41, 5.74) is 14.0. The molecule has 5 heteroatoms. The number of amides is 1. The summed E-state index contributed by atoms with van der Waals surface area (Å²) in [6, 6.07) is 11.0. The number of para-hydroxylation sites is 1. The van der Waals surface area contributed by atoms with Gasteiger partial charge in [-0.15, -0.1) is 0 Å². The highest BCUT2D eigenvalue weighted by Crippen LogP contribution is 2.24. The molecule has 5 N–H and O–H groups in total. The van der Waals surface area contributed by atoms with E-state index in [4.69, 9.17) is 11.5 Å². The summed E-state index contributed by atoms with van der Waals surface area (Å²) in [6.45, 7) is 1.92. The molecular formula is C14H16N4O. The number of pyridine rings is 1. The Labute approximate surface area is 111 Å². The van der Waals surface area contributed by atoms with E-state index in [2.05, 4.69) is 10.3 Å². The van der Waals surface area contributed by atoms with Crippen molar-refractivity contribution in [3.63, 3.8) is 0 Å². The number of carbonyl (C=O) groups excluding carboxylic acids is 1. The Hall–Kier alpha value is -2.40. The van der Waals surface area contributed by atoms with Crippen molar-refractivity contribution in [2.75, 3.05) is 5.32 Å². The van der Waals surface area contributed by atoms with Crippen molar-refractivity contribution in [2.24, 2.45) is 11.5 Å². The van der Waals surface area contributed by atoms with E-state index in [0.29, 0.717) is 0 Å². The summed E-state index contributed by atoms with van der Waals surface area (Å²) in [5.74, 6) is -0.552. The minimum Gasteiger partial charge on any atom is -0.364 e. The molecular weight excluding hydrogens is 240 g/mol. The van der Waals surface area contributed by atoms with E-state index in [0.717, 1.165) is 16.9 Å². The number of carbonyl (C=O) groups is 1. The third-order valence-electron chi connectivity index (χ3n) is 2.74. The minimum atomic E-state index is -0.552. The van der Waals surface area contributed by atoms with Crippen LogP contribution in [0.4, 0.5) is 11.4 Å². The monoisotopic (exact) mass is 256 g/mol. The van der Waals surface area contributed by atoms with E-state index in [9.17, 15) is 4.79 Å². The van der Waals surface area contributed by atoms with Crippen LogP contribution in [0.2, 0.25) is 0 Å². The Bertz CT molecular complexity index is 596. The Kier molecular flexibility index (Phi) is 3.77. The molecule has 0 aliphatic rings. The Balaban J connectivity index is 2.31. The van der Waals surface area contributed by atoms with Crippen LogP contribution in [0.15, 0.2) is 42.6 Å². The van der Waals surface area contributed by atoms with Crippen LogP contribution in [-0.2, 0) is 0 Å². The van der Waals surface area contributed by atoms with Gasteiger partial charge >= 0.3 is 0 Å². The van der Waals surface area contributed by atoms with Crippen LogP contribution in [0, 0.1) is 0 Å². The first-order valence-electron chi connectivity index (χ1n) is 5.95. The number of primary amides is 1. The van der Waals surface area contributed by atoms with E-state index < -0.39 is 5.91 Å². The molecule has 2 aromatic rings. The van der Waals surface area contributed by atoms with Crippen LogP contribution >= 0.6 is 0 Å². The summed E-state index contributed by atoms with van der Waals surface area (Å²) < 4.78 is 0. The lowest BCUT2D eigenvalue weighted by atomic mass is 10.1. The van der Waals surface area contributed by atoms with Crippen molar-refractivity contribution in [1.82, 2.24) is 4.98 Å². The molecule has 0 bridgehead atoms. The molecule has 2 rings (SSSR count). The van der Waals surface area contributed by atoms with Gasteiger partial charge in [-0.2, -0.15) is 0 Å². The van der Waals surface area contributed by atoms with Crippen LogP contribution < -0.4 is 16.8 Å². The predicted molar refractivity (Wildman–Crippen MR) is 75.1 cm³/mol. The molecule has 1 unspecified atom stereocenters. The second-order valence-corrected chi connectivity index (χ2v) is 4.29. The maximum Gasteiger partial charge on any atom is 0.267 e. The number of nitrogens with zero attached hydrogens (tertiary/aromatic N) is 1. The number of nitrogens with two attached hydrogens (primary N) is 2. The fraction of sp³-hybridized carbons (Fsp3) is 0.143. The van der Waals surface area contributed by atoms with Crippen molar-refractivity contribution in [3.05, 3.63) is 53.9 Å². The molecule has 0 aliphatic carbocycles. The second-order valence-electron chi connectivity index (χ2n) is 4.29. The molecule has 98 valence electrons. The van der Waals surface area contributed by atoms with Gasteiger partial charge in [0, 0.05) is 23.6 Å². The molecule has 0 aliphatic heterocycles. The maximum absolute atomic E-state index is 11.1. The lowest BCUT2D eigenvalue weighted by Crippen LogP contribution is -2.13. The molecule has 0 fully saturated rings. The third kappa shape index (κ3) is 3.08. The molecule has 1 heterocycles. The summed E-state index contributed by atoms with van der Waals surface area (Å²) in [4.78, 5) is 15.0. The van der Waals surface area contributed by atoms with E-state index in [1.807, 2.05) is 31.2 Å². The topological polar surface area (TPSA) is 94.0 Å². The van der Waals surface area contributed by atoms with Gasteiger partial charge in [-0.1, -0.05) is 18.2 Å². The zero-order valence-electron chi connectivity index (χ0n) is 10.6. The molecule has 1 atom stereocenters. The number of benzene rings is 1. The zero-order chi connectivity index (χ0) is 13.8. The third-order valence-corrected chi connectivity index (χ3v) is 2.74. The number of rotatable bonds is 4. The first kappa shape index (κ1) is 13.0. The first-order chi connectivity index (χ1) is 9.08.